The molecule has 0 aliphatic carbocycles. The fourth-order valence-electron chi connectivity index (χ4n) is 3.01. The Kier molecular flexibility index (Phi) is 6.22. The van der Waals surface area contributed by atoms with Crippen LogP contribution in [0.15, 0.2) is 60.8 Å². The summed E-state index contributed by atoms with van der Waals surface area (Å²) in [5.41, 5.74) is 4.08. The molecule has 0 atom stereocenters. The summed E-state index contributed by atoms with van der Waals surface area (Å²) in [5.74, 6) is 1.38. The van der Waals surface area contributed by atoms with Crippen molar-refractivity contribution in [3.05, 3.63) is 72.1 Å². The smallest absolute Gasteiger partial charge is 0.221 e. The van der Waals surface area contributed by atoms with Crippen molar-refractivity contribution in [2.24, 2.45) is 0 Å². The molecule has 0 spiro atoms. The standard InChI is InChI=1S/C22H25N3O3/c1-16(26)24-19-9-7-18(8-10-19)23-14-20-5-4-12-25(20)15-17-6-11-21(27-2)22(13-17)28-3/h4-13,23H,14-15H2,1-3H3,(H,24,26). The summed E-state index contributed by atoms with van der Waals surface area (Å²) >= 11 is 0. The highest BCUT2D eigenvalue weighted by atomic mass is 16.5. The fourth-order valence-corrected chi connectivity index (χ4v) is 3.01. The first kappa shape index (κ1) is 19.4. The van der Waals surface area contributed by atoms with Crippen LogP contribution in [-0.4, -0.2) is 24.7 Å². The third-order valence-corrected chi connectivity index (χ3v) is 4.40. The predicted molar refractivity (Wildman–Crippen MR) is 111 cm³/mol. The molecule has 1 aromatic heterocycles. The third-order valence-electron chi connectivity index (χ3n) is 4.40. The van der Waals surface area contributed by atoms with Gasteiger partial charge in [0.15, 0.2) is 11.5 Å². The van der Waals surface area contributed by atoms with Crippen molar-refractivity contribution in [1.82, 2.24) is 4.57 Å². The van der Waals surface area contributed by atoms with Crippen LogP contribution in [0.25, 0.3) is 0 Å². The molecule has 0 unspecified atom stereocenters. The van der Waals surface area contributed by atoms with Gasteiger partial charge in [0.1, 0.15) is 0 Å². The molecule has 146 valence electrons. The van der Waals surface area contributed by atoms with Crippen LogP contribution >= 0.6 is 0 Å². The Hall–Kier alpha value is -3.41. The lowest BCUT2D eigenvalue weighted by Gasteiger charge is -2.13. The van der Waals surface area contributed by atoms with E-state index in [-0.39, 0.29) is 5.91 Å². The molecule has 6 heteroatoms. The first-order valence-corrected chi connectivity index (χ1v) is 9.05. The number of carbonyl (C=O) groups excluding carboxylic acids is 1. The van der Waals surface area contributed by atoms with Crippen LogP contribution in [0, 0.1) is 0 Å². The summed E-state index contributed by atoms with van der Waals surface area (Å²) < 4.78 is 12.9. The highest BCUT2D eigenvalue weighted by Gasteiger charge is 2.07. The molecular formula is C22H25N3O3. The summed E-state index contributed by atoms with van der Waals surface area (Å²) in [7, 11) is 3.28. The van der Waals surface area contributed by atoms with E-state index in [1.54, 1.807) is 14.2 Å². The summed E-state index contributed by atoms with van der Waals surface area (Å²) in [6.07, 6.45) is 2.06. The Balaban J connectivity index is 1.65. The van der Waals surface area contributed by atoms with Crippen LogP contribution in [0.3, 0.4) is 0 Å². The number of amides is 1. The van der Waals surface area contributed by atoms with Gasteiger partial charge in [-0.15, -0.1) is 0 Å². The van der Waals surface area contributed by atoms with Crippen molar-refractivity contribution in [2.75, 3.05) is 24.9 Å². The van der Waals surface area contributed by atoms with Crippen LogP contribution < -0.4 is 20.1 Å². The van der Waals surface area contributed by atoms with Crippen molar-refractivity contribution in [3.63, 3.8) is 0 Å². The molecule has 1 heterocycles. The molecule has 0 bridgehead atoms. The van der Waals surface area contributed by atoms with Gasteiger partial charge in [-0.1, -0.05) is 6.07 Å². The average Bonchev–Trinajstić information content (AvgIpc) is 3.14. The molecule has 3 aromatic rings. The van der Waals surface area contributed by atoms with Gasteiger partial charge in [-0.3, -0.25) is 4.79 Å². The monoisotopic (exact) mass is 379 g/mol. The fraction of sp³-hybridized carbons (Fsp3) is 0.227. The van der Waals surface area contributed by atoms with Crippen LogP contribution in [0.4, 0.5) is 11.4 Å². The first-order valence-electron chi connectivity index (χ1n) is 9.05. The predicted octanol–water partition coefficient (Wildman–Crippen LogP) is 4.12. The van der Waals surface area contributed by atoms with Gasteiger partial charge in [-0.25, -0.2) is 0 Å². The lowest BCUT2D eigenvalue weighted by atomic mass is 10.2. The number of carbonyl (C=O) groups is 1. The minimum Gasteiger partial charge on any atom is -0.493 e. The minimum absolute atomic E-state index is 0.0753. The second-order valence-electron chi connectivity index (χ2n) is 6.43. The van der Waals surface area contributed by atoms with Gasteiger partial charge in [0.25, 0.3) is 0 Å². The topological polar surface area (TPSA) is 64.5 Å². The number of nitrogens with one attached hydrogen (secondary N) is 2. The number of benzene rings is 2. The SMILES string of the molecule is COc1ccc(Cn2cccc2CNc2ccc(NC(C)=O)cc2)cc1OC. The second-order valence-corrected chi connectivity index (χ2v) is 6.43. The Bertz CT molecular complexity index is 932. The summed E-state index contributed by atoms with van der Waals surface area (Å²) in [6, 6.07) is 17.8. The molecule has 3 rings (SSSR count). The molecule has 1 amide bonds. The van der Waals surface area contributed by atoms with Gasteiger partial charge in [-0.2, -0.15) is 0 Å². The van der Waals surface area contributed by atoms with Gasteiger partial charge in [0, 0.05) is 36.7 Å². The lowest BCUT2D eigenvalue weighted by molar-refractivity contribution is -0.114. The quantitative estimate of drug-likeness (QED) is 0.618. The van der Waals surface area contributed by atoms with E-state index in [2.05, 4.69) is 27.5 Å². The largest absolute Gasteiger partial charge is 0.493 e. The maximum Gasteiger partial charge on any atom is 0.221 e. The minimum atomic E-state index is -0.0753. The van der Waals surface area contributed by atoms with E-state index in [0.29, 0.717) is 6.54 Å². The Morgan fingerprint density at radius 2 is 1.68 bits per heavy atom. The van der Waals surface area contributed by atoms with E-state index in [0.717, 1.165) is 35.0 Å². The van der Waals surface area contributed by atoms with E-state index in [4.69, 9.17) is 9.47 Å². The highest BCUT2D eigenvalue weighted by Crippen LogP contribution is 2.28. The molecule has 0 aliphatic heterocycles. The number of nitrogens with zero attached hydrogens (tertiary/aromatic N) is 1. The summed E-state index contributed by atoms with van der Waals surface area (Å²) in [5, 5.41) is 6.18. The van der Waals surface area contributed by atoms with Crippen molar-refractivity contribution in [3.8, 4) is 11.5 Å². The molecule has 0 radical (unpaired) electrons. The number of hydrogen-bond acceptors (Lipinski definition) is 4. The molecule has 0 saturated heterocycles. The number of aromatic nitrogens is 1. The number of rotatable bonds is 8. The zero-order valence-electron chi connectivity index (χ0n) is 16.4. The van der Waals surface area contributed by atoms with E-state index >= 15 is 0 Å². The second kappa shape index (κ2) is 8.99. The van der Waals surface area contributed by atoms with Crippen molar-refractivity contribution < 1.29 is 14.3 Å². The van der Waals surface area contributed by atoms with E-state index in [1.807, 2.05) is 48.5 Å². The lowest BCUT2D eigenvalue weighted by Crippen LogP contribution is -2.08. The van der Waals surface area contributed by atoms with E-state index in [9.17, 15) is 4.79 Å². The maximum atomic E-state index is 11.1. The van der Waals surface area contributed by atoms with Crippen LogP contribution in [0.1, 0.15) is 18.2 Å². The van der Waals surface area contributed by atoms with Gasteiger partial charge in [-0.05, 0) is 54.1 Å². The van der Waals surface area contributed by atoms with Gasteiger partial charge >= 0.3 is 0 Å². The number of methoxy groups -OCH3 is 2. The van der Waals surface area contributed by atoms with Gasteiger partial charge < -0.3 is 24.7 Å². The van der Waals surface area contributed by atoms with Crippen LogP contribution in [0.2, 0.25) is 0 Å². The molecule has 2 N–H and O–H groups in total. The molecule has 6 nitrogen and oxygen atoms in total. The summed E-state index contributed by atoms with van der Waals surface area (Å²) in [6.45, 7) is 2.93. The van der Waals surface area contributed by atoms with Crippen molar-refractivity contribution >= 4 is 17.3 Å². The third kappa shape index (κ3) is 4.85. The molecule has 28 heavy (non-hydrogen) atoms. The molecular weight excluding hydrogens is 354 g/mol. The van der Waals surface area contributed by atoms with Crippen molar-refractivity contribution in [2.45, 2.75) is 20.0 Å². The number of anilines is 2. The maximum absolute atomic E-state index is 11.1. The van der Waals surface area contributed by atoms with E-state index in [1.165, 1.54) is 12.6 Å². The number of ether oxygens (including phenoxy) is 2. The van der Waals surface area contributed by atoms with Crippen LogP contribution in [-0.2, 0) is 17.9 Å². The highest BCUT2D eigenvalue weighted by molar-refractivity contribution is 5.88. The number of hydrogen-bond donors (Lipinski definition) is 2. The molecule has 0 saturated carbocycles. The molecule has 2 aromatic carbocycles. The van der Waals surface area contributed by atoms with Gasteiger partial charge in [0.05, 0.1) is 20.8 Å². The average molecular weight is 379 g/mol. The Morgan fingerprint density at radius 3 is 2.36 bits per heavy atom. The van der Waals surface area contributed by atoms with Crippen molar-refractivity contribution in [1.29, 1.82) is 0 Å². The first-order chi connectivity index (χ1) is 13.6. The summed E-state index contributed by atoms with van der Waals surface area (Å²) in [4.78, 5) is 11.1. The molecule has 0 aliphatic rings. The molecule has 0 fully saturated rings. The Labute approximate surface area is 165 Å². The normalized spacial score (nSPS) is 10.4. The Morgan fingerprint density at radius 1 is 0.964 bits per heavy atom. The van der Waals surface area contributed by atoms with Crippen LogP contribution in [0.5, 0.6) is 11.5 Å². The van der Waals surface area contributed by atoms with Gasteiger partial charge in [0.2, 0.25) is 5.91 Å². The zero-order chi connectivity index (χ0) is 19.9. The zero-order valence-corrected chi connectivity index (χ0v) is 16.4. The van der Waals surface area contributed by atoms with E-state index < -0.39 is 0 Å².